The number of amides is 3. The van der Waals surface area contributed by atoms with Crippen LogP contribution in [0.25, 0.3) is 0 Å². The number of rotatable bonds is 5. The van der Waals surface area contributed by atoms with Crippen molar-refractivity contribution in [1.82, 2.24) is 15.5 Å². The van der Waals surface area contributed by atoms with Crippen LogP contribution in [0.5, 0.6) is 0 Å². The average Bonchev–Trinajstić information content (AvgIpc) is 2.89. The van der Waals surface area contributed by atoms with E-state index >= 15 is 0 Å². The Morgan fingerprint density at radius 2 is 2.05 bits per heavy atom. The van der Waals surface area contributed by atoms with E-state index in [1.54, 1.807) is 27.5 Å². The van der Waals surface area contributed by atoms with E-state index in [4.69, 9.17) is 0 Å². The quantitative estimate of drug-likeness (QED) is 0.408. The van der Waals surface area contributed by atoms with Crippen molar-refractivity contribution in [3.63, 3.8) is 0 Å². The van der Waals surface area contributed by atoms with Gasteiger partial charge in [0.25, 0.3) is 3.91 Å². The Hall–Kier alpha value is -1.06. The zero-order valence-corrected chi connectivity index (χ0v) is 14.7. The molecule has 8 heteroatoms. The number of hydrogen-bond donors (Lipinski definition) is 2. The van der Waals surface area contributed by atoms with Crippen LogP contribution in [0, 0.1) is 5.92 Å². The molecule has 0 aromatic rings. The molecule has 7 nitrogen and oxygen atoms in total. The zero-order valence-electron chi connectivity index (χ0n) is 12.5. The smallest absolute Gasteiger partial charge is 0.407 e. The molecule has 3 amide bonds. The summed E-state index contributed by atoms with van der Waals surface area (Å²) in [7, 11) is 1.27. The molecule has 0 saturated carbocycles. The number of nitrogens with zero attached hydrogens (tertiary/aromatic N) is 1. The molecule has 1 fully saturated rings. The van der Waals surface area contributed by atoms with Crippen LogP contribution in [0.1, 0.15) is 26.7 Å². The van der Waals surface area contributed by atoms with Crippen LogP contribution in [0.15, 0.2) is 0 Å². The Morgan fingerprint density at radius 3 is 2.57 bits per heavy atom. The number of methoxy groups -OCH3 is 1. The highest BCUT2D eigenvalue weighted by Gasteiger charge is 2.35. The number of likely N-dealkylation sites (tertiary alicyclic amines) is 1. The first-order chi connectivity index (χ1) is 9.86. The molecule has 2 atom stereocenters. The Bertz CT molecular complexity index is 403. The zero-order chi connectivity index (χ0) is 16.0. The number of hydrogen-bond acceptors (Lipinski definition) is 4. The summed E-state index contributed by atoms with van der Waals surface area (Å²) >= 11 is 1.67. The van der Waals surface area contributed by atoms with Gasteiger partial charge in [0, 0.05) is 41.7 Å². The van der Waals surface area contributed by atoms with Crippen LogP contribution in [-0.2, 0) is 9.53 Å². The fourth-order valence-corrected chi connectivity index (χ4v) is 2.63. The van der Waals surface area contributed by atoms with E-state index < -0.39 is 12.1 Å². The van der Waals surface area contributed by atoms with Crippen LogP contribution >= 0.6 is 22.6 Å². The van der Waals surface area contributed by atoms with Crippen molar-refractivity contribution in [3.8, 4) is 0 Å². The van der Waals surface area contributed by atoms with Gasteiger partial charge in [-0.1, -0.05) is 13.8 Å². The molecule has 0 unspecified atom stereocenters. The van der Waals surface area contributed by atoms with Crippen molar-refractivity contribution in [2.45, 2.75) is 38.8 Å². The van der Waals surface area contributed by atoms with E-state index in [0.29, 0.717) is 13.1 Å². The lowest BCUT2D eigenvalue weighted by molar-refractivity contribution is -0.135. The Morgan fingerprint density at radius 1 is 1.38 bits per heavy atom. The van der Waals surface area contributed by atoms with Gasteiger partial charge in [-0.15, -0.1) is 0 Å². The Balaban J connectivity index is 2.72. The molecule has 0 spiro atoms. The second-order valence-corrected chi connectivity index (χ2v) is 6.32. The minimum absolute atomic E-state index is 0.0167. The van der Waals surface area contributed by atoms with Gasteiger partial charge in [0.05, 0.1) is 7.11 Å². The first kappa shape index (κ1) is 18.0. The number of halogens is 1. The van der Waals surface area contributed by atoms with Gasteiger partial charge in [-0.3, -0.25) is 9.59 Å². The summed E-state index contributed by atoms with van der Waals surface area (Å²) in [5, 5.41) is 5.32. The highest BCUT2D eigenvalue weighted by Crippen LogP contribution is 2.20. The van der Waals surface area contributed by atoms with Crippen molar-refractivity contribution in [1.29, 1.82) is 0 Å². The van der Waals surface area contributed by atoms with Crippen molar-refractivity contribution >= 4 is 38.5 Å². The molecule has 1 rings (SSSR count). The molecule has 1 aliphatic heterocycles. The van der Waals surface area contributed by atoms with Crippen LogP contribution in [0.3, 0.4) is 0 Å². The van der Waals surface area contributed by atoms with Crippen LogP contribution in [0.2, 0.25) is 0 Å². The second kappa shape index (κ2) is 8.40. The topological polar surface area (TPSA) is 87.7 Å². The van der Waals surface area contributed by atoms with Crippen molar-refractivity contribution in [2.75, 3.05) is 20.2 Å². The van der Waals surface area contributed by atoms with Gasteiger partial charge in [-0.05, 0) is 18.8 Å². The van der Waals surface area contributed by atoms with E-state index in [9.17, 15) is 14.4 Å². The third kappa shape index (κ3) is 5.33. The molecule has 21 heavy (non-hydrogen) atoms. The maximum Gasteiger partial charge on any atom is 0.407 e. The standard InChI is InChI=1S/C13H22IN3O4/c1-8(2)10(16-13(20)21-3)11(18)17-6-4-5-9(17)7-15-12(14)19/h8-10H,4-7H2,1-3H3,(H,15,19)(H,16,20)/t9-,10-/m0/s1. The molecule has 1 saturated heterocycles. The SMILES string of the molecule is COC(=O)N[C@H](C(=O)N1CCC[C@H]1CNC(=O)I)C(C)C. The normalized spacial score (nSPS) is 19.3. The van der Waals surface area contributed by atoms with Gasteiger partial charge in [0.2, 0.25) is 5.91 Å². The lowest BCUT2D eigenvalue weighted by atomic mass is 10.0. The molecule has 1 heterocycles. The van der Waals surface area contributed by atoms with Crippen LogP contribution in [0.4, 0.5) is 9.59 Å². The van der Waals surface area contributed by atoms with Gasteiger partial charge in [-0.25, -0.2) is 4.79 Å². The molecule has 0 aromatic heterocycles. The lowest BCUT2D eigenvalue weighted by Crippen LogP contribution is -2.54. The van der Waals surface area contributed by atoms with E-state index in [1.807, 2.05) is 13.8 Å². The number of carbonyl (C=O) groups excluding carboxylic acids is 3. The number of carbonyl (C=O) groups is 3. The van der Waals surface area contributed by atoms with E-state index in [-0.39, 0.29) is 21.8 Å². The fourth-order valence-electron chi connectivity index (χ4n) is 2.41. The summed E-state index contributed by atoms with van der Waals surface area (Å²) in [5.41, 5.74) is 0. The van der Waals surface area contributed by atoms with Gasteiger partial charge >= 0.3 is 6.09 Å². The van der Waals surface area contributed by atoms with Gasteiger partial charge in [-0.2, -0.15) is 0 Å². The summed E-state index contributed by atoms with van der Waals surface area (Å²) in [5.74, 6) is -0.169. The van der Waals surface area contributed by atoms with E-state index in [0.717, 1.165) is 12.8 Å². The summed E-state index contributed by atoms with van der Waals surface area (Å²) < 4.78 is 4.43. The molecule has 1 aliphatic rings. The minimum atomic E-state index is -0.617. The maximum atomic E-state index is 12.6. The molecular weight excluding hydrogens is 389 g/mol. The summed E-state index contributed by atoms with van der Waals surface area (Å²) in [4.78, 5) is 36.8. The molecule has 0 aromatic carbocycles. The summed E-state index contributed by atoms with van der Waals surface area (Å²) in [6.07, 6.45) is 1.14. The van der Waals surface area contributed by atoms with Crippen LogP contribution < -0.4 is 10.6 Å². The Kier molecular flexibility index (Phi) is 7.20. The molecule has 120 valence electrons. The molecular formula is C13H22IN3O4. The first-order valence-corrected chi connectivity index (χ1v) is 8.03. The van der Waals surface area contributed by atoms with Crippen molar-refractivity contribution < 1.29 is 19.1 Å². The molecule has 0 aliphatic carbocycles. The number of alkyl carbamates (subject to hydrolysis) is 1. The van der Waals surface area contributed by atoms with Crippen LogP contribution in [-0.4, -0.2) is 53.1 Å². The minimum Gasteiger partial charge on any atom is -0.453 e. The average molecular weight is 411 g/mol. The van der Waals surface area contributed by atoms with E-state index in [1.165, 1.54) is 7.11 Å². The molecule has 2 N–H and O–H groups in total. The molecule has 0 bridgehead atoms. The van der Waals surface area contributed by atoms with Gasteiger partial charge in [0.1, 0.15) is 6.04 Å². The van der Waals surface area contributed by atoms with Gasteiger partial charge in [0.15, 0.2) is 0 Å². The van der Waals surface area contributed by atoms with E-state index in [2.05, 4.69) is 15.4 Å². The highest BCUT2D eigenvalue weighted by molar-refractivity contribution is 14.1. The Labute approximate surface area is 138 Å². The summed E-state index contributed by atoms with van der Waals surface area (Å²) in [6.45, 7) is 4.83. The second-order valence-electron chi connectivity index (χ2n) is 5.34. The number of ether oxygens (including phenoxy) is 1. The third-order valence-electron chi connectivity index (χ3n) is 3.53. The number of nitrogens with one attached hydrogen (secondary N) is 2. The molecule has 0 radical (unpaired) electrons. The highest BCUT2D eigenvalue weighted by atomic mass is 127. The lowest BCUT2D eigenvalue weighted by Gasteiger charge is -2.30. The predicted octanol–water partition coefficient (Wildman–Crippen LogP) is 1.50. The fraction of sp³-hybridized carbons (Fsp3) is 0.769. The van der Waals surface area contributed by atoms with Crippen molar-refractivity contribution in [3.05, 3.63) is 0 Å². The largest absolute Gasteiger partial charge is 0.453 e. The predicted molar refractivity (Wildman–Crippen MR) is 86.3 cm³/mol. The van der Waals surface area contributed by atoms with Gasteiger partial charge < -0.3 is 20.3 Å². The maximum absolute atomic E-state index is 12.6. The summed E-state index contributed by atoms with van der Waals surface area (Å²) in [6, 6.07) is -0.634. The van der Waals surface area contributed by atoms with Crippen molar-refractivity contribution in [2.24, 2.45) is 5.92 Å². The first-order valence-electron chi connectivity index (χ1n) is 6.95. The monoisotopic (exact) mass is 411 g/mol. The third-order valence-corrected chi connectivity index (χ3v) is 3.91.